The van der Waals surface area contributed by atoms with Gasteiger partial charge in [0, 0.05) is 12.6 Å². The molecule has 0 aromatic heterocycles. The highest BCUT2D eigenvalue weighted by molar-refractivity contribution is 5.74. The van der Waals surface area contributed by atoms with Gasteiger partial charge in [-0.05, 0) is 12.8 Å². The standard InChI is InChI=1S/C15H29FN2O/c16-12-13-17-15(19)18-14-10-8-6-4-2-1-3-5-7-9-11-14/h14H,1-13H2,(H2,17,18,19). The molecule has 0 heterocycles. The van der Waals surface area contributed by atoms with Crippen LogP contribution in [0.25, 0.3) is 0 Å². The average molecular weight is 272 g/mol. The first-order valence-corrected chi connectivity index (χ1v) is 7.93. The van der Waals surface area contributed by atoms with Gasteiger partial charge in [-0.2, -0.15) is 0 Å². The van der Waals surface area contributed by atoms with Gasteiger partial charge >= 0.3 is 6.03 Å². The van der Waals surface area contributed by atoms with Crippen molar-refractivity contribution in [3.8, 4) is 0 Å². The molecule has 1 aliphatic rings. The van der Waals surface area contributed by atoms with Crippen molar-refractivity contribution in [2.45, 2.75) is 76.7 Å². The molecule has 19 heavy (non-hydrogen) atoms. The van der Waals surface area contributed by atoms with Gasteiger partial charge in [0.1, 0.15) is 6.67 Å². The molecule has 0 aliphatic heterocycles. The maximum absolute atomic E-state index is 12.0. The van der Waals surface area contributed by atoms with Crippen LogP contribution in [0.3, 0.4) is 0 Å². The number of hydrogen-bond donors (Lipinski definition) is 2. The Morgan fingerprint density at radius 2 is 1.37 bits per heavy atom. The fourth-order valence-corrected chi connectivity index (χ4v) is 2.70. The Labute approximate surface area is 116 Å². The summed E-state index contributed by atoms with van der Waals surface area (Å²) in [5.41, 5.74) is 0. The zero-order valence-corrected chi connectivity index (χ0v) is 12.1. The highest BCUT2D eigenvalue weighted by Gasteiger charge is 2.12. The van der Waals surface area contributed by atoms with E-state index >= 15 is 0 Å². The van der Waals surface area contributed by atoms with Crippen LogP contribution in [0.2, 0.25) is 0 Å². The van der Waals surface area contributed by atoms with Crippen LogP contribution in [0.15, 0.2) is 0 Å². The van der Waals surface area contributed by atoms with Crippen LogP contribution in [0.1, 0.15) is 70.6 Å². The van der Waals surface area contributed by atoms with E-state index in [2.05, 4.69) is 10.6 Å². The van der Waals surface area contributed by atoms with Crippen LogP contribution in [0, 0.1) is 0 Å². The minimum atomic E-state index is -0.502. The number of carbonyl (C=O) groups is 1. The topological polar surface area (TPSA) is 41.1 Å². The second kappa shape index (κ2) is 11.1. The lowest BCUT2D eigenvalue weighted by molar-refractivity contribution is 0.233. The highest BCUT2D eigenvalue weighted by Crippen LogP contribution is 2.16. The van der Waals surface area contributed by atoms with Crippen molar-refractivity contribution in [1.29, 1.82) is 0 Å². The minimum Gasteiger partial charge on any atom is -0.336 e. The number of halogens is 1. The summed E-state index contributed by atoms with van der Waals surface area (Å²) in [5.74, 6) is 0. The third kappa shape index (κ3) is 8.84. The Morgan fingerprint density at radius 1 is 0.895 bits per heavy atom. The predicted octanol–water partition coefficient (Wildman–Crippen LogP) is 3.93. The van der Waals surface area contributed by atoms with Crippen molar-refractivity contribution in [1.82, 2.24) is 10.6 Å². The number of urea groups is 1. The first-order chi connectivity index (χ1) is 9.33. The zero-order chi connectivity index (χ0) is 13.8. The number of nitrogens with one attached hydrogen (secondary N) is 2. The SMILES string of the molecule is O=C(NCCF)NC1CCCCCCCCCCC1. The van der Waals surface area contributed by atoms with Crippen LogP contribution < -0.4 is 10.6 Å². The van der Waals surface area contributed by atoms with Crippen LogP contribution in [0.5, 0.6) is 0 Å². The van der Waals surface area contributed by atoms with Crippen molar-refractivity contribution in [2.24, 2.45) is 0 Å². The molecule has 1 aliphatic carbocycles. The molecule has 1 rings (SSSR count). The van der Waals surface area contributed by atoms with E-state index in [9.17, 15) is 9.18 Å². The Balaban J connectivity index is 2.27. The summed E-state index contributed by atoms with van der Waals surface area (Å²) < 4.78 is 12.0. The van der Waals surface area contributed by atoms with Crippen LogP contribution in [-0.2, 0) is 0 Å². The molecule has 0 radical (unpaired) electrons. The molecule has 0 aromatic rings. The Bertz CT molecular complexity index is 224. The molecule has 0 spiro atoms. The number of alkyl halides is 1. The van der Waals surface area contributed by atoms with Gasteiger partial charge in [-0.3, -0.25) is 0 Å². The second-order valence-electron chi connectivity index (χ2n) is 5.55. The van der Waals surface area contributed by atoms with Crippen molar-refractivity contribution < 1.29 is 9.18 Å². The van der Waals surface area contributed by atoms with Gasteiger partial charge in [-0.15, -0.1) is 0 Å². The molecule has 0 unspecified atom stereocenters. The van der Waals surface area contributed by atoms with Gasteiger partial charge < -0.3 is 10.6 Å². The molecule has 2 N–H and O–H groups in total. The summed E-state index contributed by atoms with van der Waals surface area (Å²) in [4.78, 5) is 11.6. The van der Waals surface area contributed by atoms with Gasteiger partial charge in [-0.25, -0.2) is 9.18 Å². The van der Waals surface area contributed by atoms with Crippen LogP contribution in [-0.4, -0.2) is 25.3 Å². The number of rotatable bonds is 3. The Hall–Kier alpha value is -0.800. The van der Waals surface area contributed by atoms with E-state index < -0.39 is 6.67 Å². The molecule has 0 aromatic carbocycles. The van der Waals surface area contributed by atoms with Gasteiger partial charge in [0.25, 0.3) is 0 Å². The third-order valence-electron chi connectivity index (χ3n) is 3.82. The quantitative estimate of drug-likeness (QED) is 0.803. The van der Waals surface area contributed by atoms with Crippen molar-refractivity contribution in [2.75, 3.05) is 13.2 Å². The molecule has 1 saturated carbocycles. The lowest BCUT2D eigenvalue weighted by Crippen LogP contribution is -2.42. The van der Waals surface area contributed by atoms with E-state index in [1.807, 2.05) is 0 Å². The maximum atomic E-state index is 12.0. The fraction of sp³-hybridized carbons (Fsp3) is 0.933. The molecule has 0 bridgehead atoms. The van der Waals surface area contributed by atoms with Gasteiger partial charge in [0.2, 0.25) is 0 Å². The number of amides is 2. The number of hydrogen-bond acceptors (Lipinski definition) is 1. The van der Waals surface area contributed by atoms with E-state index in [0.29, 0.717) is 0 Å². The molecule has 2 amide bonds. The molecule has 3 nitrogen and oxygen atoms in total. The predicted molar refractivity (Wildman–Crippen MR) is 77.1 cm³/mol. The second-order valence-corrected chi connectivity index (χ2v) is 5.55. The Morgan fingerprint density at radius 3 is 1.84 bits per heavy atom. The van der Waals surface area contributed by atoms with Crippen molar-refractivity contribution in [3.05, 3.63) is 0 Å². The summed E-state index contributed by atoms with van der Waals surface area (Å²) in [6, 6.07) is 0.0498. The summed E-state index contributed by atoms with van der Waals surface area (Å²) in [6.45, 7) is -0.392. The van der Waals surface area contributed by atoms with Gasteiger partial charge in [0.15, 0.2) is 0 Å². The van der Waals surface area contributed by atoms with E-state index in [4.69, 9.17) is 0 Å². The van der Waals surface area contributed by atoms with Crippen molar-refractivity contribution >= 4 is 6.03 Å². The van der Waals surface area contributed by atoms with Crippen LogP contribution in [0.4, 0.5) is 9.18 Å². The molecule has 0 saturated heterocycles. The summed E-state index contributed by atoms with van der Waals surface area (Å²) in [5, 5.41) is 5.53. The summed E-state index contributed by atoms with van der Waals surface area (Å²) >= 11 is 0. The smallest absolute Gasteiger partial charge is 0.315 e. The Kier molecular flexibility index (Phi) is 9.46. The highest BCUT2D eigenvalue weighted by atomic mass is 19.1. The van der Waals surface area contributed by atoms with Crippen molar-refractivity contribution in [3.63, 3.8) is 0 Å². The molecule has 0 atom stereocenters. The summed E-state index contributed by atoms with van der Waals surface area (Å²) in [6.07, 6.45) is 13.8. The molecular formula is C15H29FN2O. The third-order valence-corrected chi connectivity index (χ3v) is 3.82. The summed E-state index contributed by atoms with van der Waals surface area (Å²) in [7, 11) is 0. The molecule has 1 fully saturated rings. The van der Waals surface area contributed by atoms with E-state index in [0.717, 1.165) is 12.8 Å². The zero-order valence-electron chi connectivity index (χ0n) is 12.1. The molecular weight excluding hydrogens is 243 g/mol. The lowest BCUT2D eigenvalue weighted by Gasteiger charge is -2.19. The van der Waals surface area contributed by atoms with E-state index in [1.165, 1.54) is 57.8 Å². The lowest BCUT2D eigenvalue weighted by atomic mass is 9.98. The average Bonchev–Trinajstić information content (AvgIpc) is 2.39. The first kappa shape index (κ1) is 16.3. The number of carbonyl (C=O) groups excluding carboxylic acids is 1. The normalized spacial score (nSPS) is 20.1. The van der Waals surface area contributed by atoms with Gasteiger partial charge in [0.05, 0.1) is 0 Å². The minimum absolute atomic E-state index is 0.110. The van der Waals surface area contributed by atoms with Crippen LogP contribution >= 0.6 is 0 Å². The molecule has 4 heteroatoms. The van der Waals surface area contributed by atoms with E-state index in [1.54, 1.807) is 0 Å². The largest absolute Gasteiger partial charge is 0.336 e. The van der Waals surface area contributed by atoms with E-state index in [-0.39, 0.29) is 18.6 Å². The fourth-order valence-electron chi connectivity index (χ4n) is 2.70. The molecule has 112 valence electrons. The maximum Gasteiger partial charge on any atom is 0.315 e. The van der Waals surface area contributed by atoms with Gasteiger partial charge in [-0.1, -0.05) is 57.8 Å². The first-order valence-electron chi connectivity index (χ1n) is 7.93. The monoisotopic (exact) mass is 272 g/mol.